The van der Waals surface area contributed by atoms with Gasteiger partial charge in [-0.05, 0) is 37.8 Å². The number of nitrogens with zero attached hydrogens (tertiary/aromatic N) is 2. The van der Waals surface area contributed by atoms with Gasteiger partial charge in [0.1, 0.15) is 5.75 Å². The Kier molecular flexibility index (Phi) is 13.6. The van der Waals surface area contributed by atoms with Crippen LogP contribution in [0.5, 0.6) is 5.75 Å². The monoisotopic (exact) mass is 431 g/mol. The van der Waals surface area contributed by atoms with E-state index in [1.807, 2.05) is 43.5 Å². The van der Waals surface area contributed by atoms with E-state index in [2.05, 4.69) is 28.8 Å². The Labute approximate surface area is 158 Å². The Morgan fingerprint density at radius 1 is 1.26 bits per heavy atom. The molecular weight excluding hydrogens is 401 g/mol. The minimum Gasteiger partial charge on any atom is -0.494 e. The number of nitrogens with one attached hydrogen (secondary N) is 1. The lowest BCUT2D eigenvalue weighted by Gasteiger charge is -2.21. The fraction of sp³-hybridized carbons (Fsp3) is 0.500. The summed E-state index contributed by atoms with van der Waals surface area (Å²) in [7, 11) is 3.89. The summed E-state index contributed by atoms with van der Waals surface area (Å²) in [6, 6.07) is 9.94. The third-order valence-electron chi connectivity index (χ3n) is 3.34. The first kappa shape index (κ1) is 21.8. The van der Waals surface area contributed by atoms with Crippen molar-refractivity contribution in [3.05, 3.63) is 43.0 Å². The van der Waals surface area contributed by atoms with Gasteiger partial charge in [-0.1, -0.05) is 24.3 Å². The number of aliphatic imine (C=N–C) groups is 1. The smallest absolute Gasteiger partial charge is 0.193 e. The van der Waals surface area contributed by atoms with E-state index >= 15 is 0 Å². The fourth-order valence-electron chi connectivity index (χ4n) is 2.10. The van der Waals surface area contributed by atoms with Crippen LogP contribution in [-0.2, 0) is 0 Å². The molecule has 0 aliphatic heterocycles. The zero-order valence-corrected chi connectivity index (χ0v) is 16.7. The number of ether oxygens (including phenoxy) is 1. The summed E-state index contributed by atoms with van der Waals surface area (Å²) in [6.07, 6.45) is 6.19. The zero-order valence-electron chi connectivity index (χ0n) is 14.3. The highest BCUT2D eigenvalue weighted by Crippen LogP contribution is 2.08. The molecule has 4 nitrogen and oxygen atoms in total. The Bertz CT molecular complexity index is 437. The lowest BCUT2D eigenvalue weighted by atomic mass is 10.3. The fourth-order valence-corrected chi connectivity index (χ4v) is 2.10. The number of hydrogen-bond acceptors (Lipinski definition) is 2. The van der Waals surface area contributed by atoms with Gasteiger partial charge >= 0.3 is 0 Å². The molecule has 1 rings (SSSR count). The van der Waals surface area contributed by atoms with Gasteiger partial charge < -0.3 is 15.0 Å². The van der Waals surface area contributed by atoms with Crippen molar-refractivity contribution >= 4 is 29.9 Å². The molecule has 5 heteroatoms. The first-order valence-corrected chi connectivity index (χ1v) is 7.98. The van der Waals surface area contributed by atoms with Crippen molar-refractivity contribution in [2.75, 3.05) is 33.8 Å². The molecule has 0 unspecified atom stereocenters. The maximum atomic E-state index is 5.67. The Morgan fingerprint density at radius 2 is 2.00 bits per heavy atom. The van der Waals surface area contributed by atoms with E-state index in [1.165, 1.54) is 0 Å². The van der Waals surface area contributed by atoms with Gasteiger partial charge in [0, 0.05) is 27.2 Å². The van der Waals surface area contributed by atoms with Crippen molar-refractivity contribution < 1.29 is 4.74 Å². The van der Waals surface area contributed by atoms with Crippen LogP contribution in [0.3, 0.4) is 0 Å². The van der Waals surface area contributed by atoms with Crippen LogP contribution in [0.2, 0.25) is 0 Å². The van der Waals surface area contributed by atoms with Gasteiger partial charge in [0.2, 0.25) is 0 Å². The largest absolute Gasteiger partial charge is 0.494 e. The molecule has 23 heavy (non-hydrogen) atoms. The summed E-state index contributed by atoms with van der Waals surface area (Å²) in [5.74, 6) is 1.89. The number of allylic oxidation sites excluding steroid dienone is 1. The van der Waals surface area contributed by atoms with Crippen molar-refractivity contribution in [2.24, 2.45) is 4.99 Å². The molecule has 0 saturated heterocycles. The quantitative estimate of drug-likeness (QED) is 0.201. The summed E-state index contributed by atoms with van der Waals surface area (Å²) in [6.45, 7) is 6.40. The number of guanidine groups is 1. The van der Waals surface area contributed by atoms with E-state index in [0.717, 1.165) is 57.1 Å². The molecule has 1 N–H and O–H groups in total. The number of unbranched alkanes of at least 4 members (excludes halogenated alkanes) is 2. The molecule has 1 aromatic rings. The van der Waals surface area contributed by atoms with Crippen molar-refractivity contribution in [1.82, 2.24) is 10.2 Å². The van der Waals surface area contributed by atoms with Crippen molar-refractivity contribution in [1.29, 1.82) is 0 Å². The second-order valence-corrected chi connectivity index (χ2v) is 5.20. The van der Waals surface area contributed by atoms with Crippen molar-refractivity contribution in [3.63, 3.8) is 0 Å². The zero-order chi connectivity index (χ0) is 16.0. The molecule has 130 valence electrons. The second kappa shape index (κ2) is 14.4. The normalized spacial score (nSPS) is 10.6. The standard InChI is InChI=1S/C18H29N3O.HI/c1-4-5-10-15-21(3)18(19-2)20-14-9-11-16-22-17-12-7-6-8-13-17;/h4,6-8,12-13H,1,5,9-11,14-16H2,2-3H3,(H,19,20);1H. The number of rotatable bonds is 10. The summed E-state index contributed by atoms with van der Waals surface area (Å²) in [5, 5.41) is 3.39. The molecule has 0 radical (unpaired) electrons. The van der Waals surface area contributed by atoms with Gasteiger partial charge in [0.25, 0.3) is 0 Å². The minimum atomic E-state index is 0. The molecule has 0 spiro atoms. The highest BCUT2D eigenvalue weighted by molar-refractivity contribution is 14.0. The molecule has 0 heterocycles. The molecule has 0 aliphatic rings. The summed E-state index contributed by atoms with van der Waals surface area (Å²) >= 11 is 0. The highest BCUT2D eigenvalue weighted by Gasteiger charge is 2.03. The minimum absolute atomic E-state index is 0. The molecule has 0 aromatic heterocycles. The average molecular weight is 431 g/mol. The number of halogens is 1. The van der Waals surface area contributed by atoms with Crippen molar-refractivity contribution in [3.8, 4) is 5.75 Å². The van der Waals surface area contributed by atoms with Gasteiger partial charge in [0.15, 0.2) is 5.96 Å². The average Bonchev–Trinajstić information content (AvgIpc) is 2.55. The first-order valence-electron chi connectivity index (χ1n) is 7.98. The number of hydrogen-bond donors (Lipinski definition) is 1. The van der Waals surface area contributed by atoms with Gasteiger partial charge in [-0.2, -0.15) is 0 Å². The van der Waals surface area contributed by atoms with Crippen molar-refractivity contribution in [2.45, 2.75) is 25.7 Å². The first-order chi connectivity index (χ1) is 10.8. The lowest BCUT2D eigenvalue weighted by molar-refractivity contribution is 0.306. The van der Waals surface area contributed by atoms with Gasteiger partial charge in [-0.25, -0.2) is 0 Å². The predicted octanol–water partition coefficient (Wildman–Crippen LogP) is 3.94. The summed E-state index contributed by atoms with van der Waals surface area (Å²) in [4.78, 5) is 6.46. The molecule has 0 fully saturated rings. The van der Waals surface area contributed by atoms with Crippen LogP contribution in [0.15, 0.2) is 48.0 Å². The maximum Gasteiger partial charge on any atom is 0.193 e. The topological polar surface area (TPSA) is 36.9 Å². The van der Waals surface area contributed by atoms with Gasteiger partial charge in [-0.15, -0.1) is 30.6 Å². The third kappa shape index (κ3) is 10.2. The third-order valence-corrected chi connectivity index (χ3v) is 3.34. The predicted molar refractivity (Wildman–Crippen MR) is 110 cm³/mol. The highest BCUT2D eigenvalue weighted by atomic mass is 127. The van der Waals surface area contributed by atoms with E-state index < -0.39 is 0 Å². The summed E-state index contributed by atoms with van der Waals surface area (Å²) in [5.41, 5.74) is 0. The van der Waals surface area contributed by atoms with Crippen LogP contribution in [0.4, 0.5) is 0 Å². The molecule has 0 bridgehead atoms. The number of benzene rings is 1. The van der Waals surface area contributed by atoms with Crippen LogP contribution in [0.1, 0.15) is 25.7 Å². The molecular formula is C18H30IN3O. The Hall–Kier alpha value is -1.24. The van der Waals surface area contributed by atoms with Crippen LogP contribution >= 0.6 is 24.0 Å². The summed E-state index contributed by atoms with van der Waals surface area (Å²) < 4.78 is 5.67. The van der Waals surface area contributed by atoms with Crippen LogP contribution in [0.25, 0.3) is 0 Å². The molecule has 1 aromatic carbocycles. The lowest BCUT2D eigenvalue weighted by Crippen LogP contribution is -2.39. The second-order valence-electron chi connectivity index (χ2n) is 5.20. The van der Waals surface area contributed by atoms with Gasteiger partial charge in [0.05, 0.1) is 6.61 Å². The van der Waals surface area contributed by atoms with Crippen LogP contribution in [0, 0.1) is 0 Å². The number of para-hydroxylation sites is 1. The Balaban J connectivity index is 0.00000484. The van der Waals surface area contributed by atoms with E-state index in [-0.39, 0.29) is 24.0 Å². The van der Waals surface area contributed by atoms with E-state index in [4.69, 9.17) is 4.74 Å². The van der Waals surface area contributed by atoms with Crippen LogP contribution < -0.4 is 10.1 Å². The van der Waals surface area contributed by atoms with Crippen LogP contribution in [-0.4, -0.2) is 44.7 Å². The maximum absolute atomic E-state index is 5.67. The molecule has 0 aliphatic carbocycles. The molecule has 0 amide bonds. The SMILES string of the molecule is C=CCCCN(C)C(=NC)NCCCCOc1ccccc1.I. The van der Waals surface area contributed by atoms with Gasteiger partial charge in [-0.3, -0.25) is 4.99 Å². The van der Waals surface area contributed by atoms with E-state index in [9.17, 15) is 0 Å². The molecule has 0 atom stereocenters. The van der Waals surface area contributed by atoms with E-state index in [0.29, 0.717) is 0 Å². The van der Waals surface area contributed by atoms with E-state index in [1.54, 1.807) is 0 Å². The Morgan fingerprint density at radius 3 is 2.65 bits per heavy atom. The molecule has 0 saturated carbocycles.